The van der Waals surface area contributed by atoms with E-state index in [0.29, 0.717) is 18.6 Å². The summed E-state index contributed by atoms with van der Waals surface area (Å²) in [7, 11) is 0. The molecule has 0 fully saturated rings. The van der Waals surface area contributed by atoms with Crippen molar-refractivity contribution in [3.63, 3.8) is 0 Å². The molecule has 1 unspecified atom stereocenters. The van der Waals surface area contributed by atoms with Gasteiger partial charge in [-0.25, -0.2) is 0 Å². The molecule has 3 heteroatoms. The van der Waals surface area contributed by atoms with Gasteiger partial charge in [-0.05, 0) is 24.5 Å². The van der Waals surface area contributed by atoms with Crippen LogP contribution in [0.4, 0.5) is 0 Å². The normalized spacial score (nSPS) is 14.7. The zero-order chi connectivity index (χ0) is 14.5. The van der Waals surface area contributed by atoms with Gasteiger partial charge in [0.1, 0.15) is 12.4 Å². The maximum absolute atomic E-state index is 9.55. The number of nitrogens with one attached hydrogen (secondary N) is 1. The van der Waals surface area contributed by atoms with Gasteiger partial charge in [0.15, 0.2) is 0 Å². The Bertz CT molecular complexity index is 390. The van der Waals surface area contributed by atoms with Crippen molar-refractivity contribution in [3.8, 4) is 5.75 Å². The van der Waals surface area contributed by atoms with Gasteiger partial charge in [0, 0.05) is 6.04 Å². The van der Waals surface area contributed by atoms with E-state index in [2.05, 4.69) is 39.1 Å². The summed E-state index contributed by atoms with van der Waals surface area (Å²) in [5, 5.41) is 12.9. The number of rotatable bonds is 7. The van der Waals surface area contributed by atoms with Crippen LogP contribution >= 0.6 is 0 Å². The van der Waals surface area contributed by atoms with Gasteiger partial charge in [-0.3, -0.25) is 0 Å². The van der Waals surface area contributed by atoms with E-state index in [1.165, 1.54) is 5.56 Å². The molecule has 0 aliphatic heterocycles. The lowest BCUT2D eigenvalue weighted by atomic mass is 10.0. The molecule has 0 aliphatic carbocycles. The van der Waals surface area contributed by atoms with Gasteiger partial charge in [0.2, 0.25) is 0 Å². The smallest absolute Gasteiger partial charge is 0.122 e. The van der Waals surface area contributed by atoms with Crippen molar-refractivity contribution in [2.45, 2.75) is 52.1 Å². The van der Waals surface area contributed by atoms with Crippen LogP contribution in [0.25, 0.3) is 0 Å². The molecule has 0 heterocycles. The molecule has 0 saturated carbocycles. The fourth-order valence-electron chi connectivity index (χ4n) is 2.16. The number of hydrogen-bond acceptors (Lipinski definition) is 3. The maximum atomic E-state index is 9.55. The first-order chi connectivity index (χ1) is 8.88. The lowest BCUT2D eigenvalue weighted by Crippen LogP contribution is -2.53. The van der Waals surface area contributed by atoms with Crippen molar-refractivity contribution in [2.24, 2.45) is 0 Å². The lowest BCUT2D eigenvalue weighted by Gasteiger charge is -2.31. The Hall–Kier alpha value is -1.06. The standard InChI is InChI=1S/C16H27NO2/c1-12(2)14-8-6-7-9-15(14)19-11-16(5,10-18)17-13(3)4/h6-9,12-13,17-18H,10-11H2,1-5H3. The van der Waals surface area contributed by atoms with Gasteiger partial charge >= 0.3 is 0 Å². The van der Waals surface area contributed by atoms with Gasteiger partial charge in [0.05, 0.1) is 12.1 Å². The summed E-state index contributed by atoms with van der Waals surface area (Å²) in [5.74, 6) is 1.33. The predicted molar refractivity (Wildman–Crippen MR) is 79.8 cm³/mol. The van der Waals surface area contributed by atoms with Crippen molar-refractivity contribution in [3.05, 3.63) is 29.8 Å². The highest BCUT2D eigenvalue weighted by atomic mass is 16.5. The third-order valence-electron chi connectivity index (χ3n) is 3.07. The minimum absolute atomic E-state index is 0.0506. The van der Waals surface area contributed by atoms with Gasteiger partial charge in [-0.1, -0.05) is 45.9 Å². The topological polar surface area (TPSA) is 41.5 Å². The summed E-state index contributed by atoms with van der Waals surface area (Å²) in [6, 6.07) is 8.39. The van der Waals surface area contributed by atoms with Crippen molar-refractivity contribution in [1.29, 1.82) is 0 Å². The average Bonchev–Trinajstić information content (AvgIpc) is 2.36. The predicted octanol–water partition coefficient (Wildman–Crippen LogP) is 2.94. The Kier molecular flexibility index (Phi) is 5.83. The van der Waals surface area contributed by atoms with E-state index in [1.54, 1.807) is 0 Å². The molecule has 0 saturated heterocycles. The van der Waals surface area contributed by atoms with Crippen LogP contribution in [-0.4, -0.2) is 29.9 Å². The second-order valence-electron chi connectivity index (χ2n) is 6.00. The molecule has 0 aromatic heterocycles. The SMILES string of the molecule is CC(C)NC(C)(CO)COc1ccccc1C(C)C. The molecule has 1 aromatic rings. The summed E-state index contributed by atoms with van der Waals surface area (Å²) in [6.45, 7) is 10.9. The zero-order valence-electron chi connectivity index (χ0n) is 12.7. The number of benzene rings is 1. The van der Waals surface area contributed by atoms with E-state index in [0.717, 1.165) is 5.75 Å². The van der Waals surface area contributed by atoms with Crippen LogP contribution in [0.2, 0.25) is 0 Å². The van der Waals surface area contributed by atoms with Crippen molar-refractivity contribution in [1.82, 2.24) is 5.32 Å². The third kappa shape index (κ3) is 4.84. The second kappa shape index (κ2) is 6.92. The van der Waals surface area contributed by atoms with Crippen LogP contribution in [-0.2, 0) is 0 Å². The first-order valence-electron chi connectivity index (χ1n) is 6.98. The summed E-state index contributed by atoms with van der Waals surface area (Å²) in [4.78, 5) is 0. The second-order valence-corrected chi connectivity index (χ2v) is 6.00. The van der Waals surface area contributed by atoms with Gasteiger partial charge in [-0.15, -0.1) is 0 Å². The minimum atomic E-state index is -0.418. The van der Waals surface area contributed by atoms with Crippen LogP contribution in [0.15, 0.2) is 24.3 Å². The van der Waals surface area contributed by atoms with Crippen molar-refractivity contribution in [2.75, 3.05) is 13.2 Å². The molecule has 2 N–H and O–H groups in total. The first-order valence-corrected chi connectivity index (χ1v) is 6.98. The van der Waals surface area contributed by atoms with E-state index in [9.17, 15) is 5.11 Å². The van der Waals surface area contributed by atoms with Crippen LogP contribution < -0.4 is 10.1 Å². The molecule has 0 aliphatic rings. The number of aliphatic hydroxyl groups is 1. The molecule has 19 heavy (non-hydrogen) atoms. The monoisotopic (exact) mass is 265 g/mol. The van der Waals surface area contributed by atoms with Gasteiger partial charge in [0.25, 0.3) is 0 Å². The molecule has 1 aromatic carbocycles. The van der Waals surface area contributed by atoms with Gasteiger partial charge in [-0.2, -0.15) is 0 Å². The fourth-order valence-corrected chi connectivity index (χ4v) is 2.16. The largest absolute Gasteiger partial charge is 0.491 e. The Morgan fingerprint density at radius 2 is 1.84 bits per heavy atom. The van der Waals surface area contributed by atoms with E-state index in [4.69, 9.17) is 4.74 Å². The maximum Gasteiger partial charge on any atom is 0.122 e. The number of para-hydroxylation sites is 1. The summed E-state index contributed by atoms with van der Waals surface area (Å²) < 4.78 is 5.93. The summed E-state index contributed by atoms with van der Waals surface area (Å²) in [6.07, 6.45) is 0. The van der Waals surface area contributed by atoms with Crippen LogP contribution in [0.5, 0.6) is 5.75 Å². The highest BCUT2D eigenvalue weighted by Gasteiger charge is 2.25. The van der Waals surface area contributed by atoms with Crippen molar-refractivity contribution < 1.29 is 9.84 Å². The zero-order valence-corrected chi connectivity index (χ0v) is 12.7. The average molecular weight is 265 g/mol. The molecule has 1 atom stereocenters. The summed E-state index contributed by atoms with van der Waals surface area (Å²) in [5.41, 5.74) is 0.783. The molecule has 0 amide bonds. The minimum Gasteiger partial charge on any atom is -0.491 e. The summed E-state index contributed by atoms with van der Waals surface area (Å²) >= 11 is 0. The van der Waals surface area contributed by atoms with Crippen LogP contribution in [0.3, 0.4) is 0 Å². The molecular formula is C16H27NO2. The highest BCUT2D eigenvalue weighted by Crippen LogP contribution is 2.26. The number of hydrogen-bond donors (Lipinski definition) is 2. The first kappa shape index (κ1) is 16.0. The van der Waals surface area contributed by atoms with Crippen LogP contribution in [0, 0.1) is 0 Å². The lowest BCUT2D eigenvalue weighted by molar-refractivity contribution is 0.108. The molecule has 0 spiro atoms. The Morgan fingerprint density at radius 3 is 2.37 bits per heavy atom. The highest BCUT2D eigenvalue weighted by molar-refractivity contribution is 5.35. The third-order valence-corrected chi connectivity index (χ3v) is 3.07. The van der Waals surface area contributed by atoms with E-state index in [-0.39, 0.29) is 6.61 Å². The number of ether oxygens (including phenoxy) is 1. The molecule has 3 nitrogen and oxygen atoms in total. The van der Waals surface area contributed by atoms with Crippen LogP contribution in [0.1, 0.15) is 46.1 Å². The molecule has 108 valence electrons. The molecular weight excluding hydrogens is 238 g/mol. The Morgan fingerprint density at radius 1 is 1.21 bits per heavy atom. The quantitative estimate of drug-likeness (QED) is 0.796. The van der Waals surface area contributed by atoms with E-state index >= 15 is 0 Å². The number of aliphatic hydroxyl groups excluding tert-OH is 1. The molecule has 0 radical (unpaired) electrons. The van der Waals surface area contributed by atoms with Gasteiger partial charge < -0.3 is 15.2 Å². The fraction of sp³-hybridized carbons (Fsp3) is 0.625. The molecule has 1 rings (SSSR count). The Balaban J connectivity index is 2.75. The molecule has 0 bridgehead atoms. The van der Waals surface area contributed by atoms with Crippen molar-refractivity contribution >= 4 is 0 Å². The van der Waals surface area contributed by atoms with E-state index < -0.39 is 5.54 Å². The Labute approximate surface area is 117 Å². The van der Waals surface area contributed by atoms with E-state index in [1.807, 2.05) is 25.1 Å².